The number of carbonyl (C=O) groups is 1. The van der Waals surface area contributed by atoms with E-state index >= 15 is 0 Å². The zero-order valence-electron chi connectivity index (χ0n) is 12.3. The van der Waals surface area contributed by atoms with Gasteiger partial charge in [0.15, 0.2) is 11.1 Å². The topological polar surface area (TPSA) is 78.8 Å². The lowest BCUT2D eigenvalue weighted by Crippen LogP contribution is -2.75. The number of hydrogen-bond acceptors (Lipinski definition) is 4. The number of rotatable bonds is 4. The van der Waals surface area contributed by atoms with Crippen LogP contribution in [0.2, 0.25) is 0 Å². The van der Waals surface area contributed by atoms with Crippen molar-refractivity contribution in [3.05, 3.63) is 24.5 Å². The van der Waals surface area contributed by atoms with E-state index in [0.717, 1.165) is 19.3 Å². The molecule has 0 bridgehead atoms. The van der Waals surface area contributed by atoms with Crippen molar-refractivity contribution in [2.45, 2.75) is 49.9 Å². The Morgan fingerprint density at radius 3 is 2.95 bits per heavy atom. The molecule has 3 N–H and O–H groups in total. The molecule has 2 saturated heterocycles. The van der Waals surface area contributed by atoms with Gasteiger partial charge < -0.3 is 20.3 Å². The van der Waals surface area contributed by atoms with Crippen LogP contribution in [0.4, 0.5) is 0 Å². The molecule has 0 aromatic rings. The Balaban J connectivity index is 1.94. The van der Waals surface area contributed by atoms with Gasteiger partial charge in [-0.15, -0.1) is 0 Å². The Bertz CT molecular complexity index is 503. The molecule has 0 radical (unpaired) electrons. The number of hydrogen-bond donors (Lipinski definition) is 3. The Hall–Kier alpha value is -1.33. The van der Waals surface area contributed by atoms with E-state index < -0.39 is 23.2 Å². The molecule has 116 valence electrons. The molecular formula is C16H23NO4. The maximum atomic E-state index is 12.3. The van der Waals surface area contributed by atoms with Crippen LogP contribution in [0.5, 0.6) is 0 Å². The minimum atomic E-state index is -0.934. The molecule has 5 atom stereocenters. The van der Waals surface area contributed by atoms with Gasteiger partial charge in [-0.3, -0.25) is 4.79 Å². The molecule has 1 amide bonds. The Morgan fingerprint density at radius 1 is 1.62 bits per heavy atom. The van der Waals surface area contributed by atoms with E-state index in [1.165, 1.54) is 0 Å². The predicted octanol–water partition coefficient (Wildman–Crippen LogP) is 0.873. The zero-order chi connectivity index (χ0) is 15.3. The van der Waals surface area contributed by atoms with E-state index in [2.05, 4.69) is 18.0 Å². The Morgan fingerprint density at radius 2 is 2.38 bits per heavy atom. The number of ether oxygens (including phenoxy) is 1. The van der Waals surface area contributed by atoms with Gasteiger partial charge in [-0.25, -0.2) is 0 Å². The second-order valence-corrected chi connectivity index (χ2v) is 6.46. The van der Waals surface area contributed by atoms with E-state index in [0.29, 0.717) is 12.2 Å². The van der Waals surface area contributed by atoms with Crippen molar-refractivity contribution in [1.82, 2.24) is 5.32 Å². The van der Waals surface area contributed by atoms with Crippen LogP contribution >= 0.6 is 0 Å². The normalized spacial score (nSPS) is 42.8. The third-order valence-corrected chi connectivity index (χ3v) is 5.42. The minimum Gasteiger partial charge on any atom is -0.486 e. The molecule has 0 spiro atoms. The van der Waals surface area contributed by atoms with Crippen molar-refractivity contribution in [2.24, 2.45) is 11.8 Å². The highest BCUT2D eigenvalue weighted by atomic mass is 16.5. The molecule has 3 aliphatic rings. The lowest BCUT2D eigenvalue weighted by molar-refractivity contribution is -0.203. The first-order valence-corrected chi connectivity index (χ1v) is 7.63. The third-order valence-electron chi connectivity index (χ3n) is 5.42. The van der Waals surface area contributed by atoms with E-state index in [4.69, 9.17) is 4.74 Å². The highest BCUT2D eigenvalue weighted by Gasteiger charge is 2.75. The fourth-order valence-corrected chi connectivity index (χ4v) is 4.21. The Labute approximate surface area is 124 Å². The van der Waals surface area contributed by atoms with Crippen LogP contribution in [0.25, 0.3) is 0 Å². The van der Waals surface area contributed by atoms with Gasteiger partial charge in [-0.2, -0.15) is 0 Å². The second-order valence-electron chi connectivity index (χ2n) is 6.46. The summed E-state index contributed by atoms with van der Waals surface area (Å²) < 4.78 is 5.73. The highest BCUT2D eigenvalue weighted by molar-refractivity contribution is 5.87. The lowest BCUT2D eigenvalue weighted by Gasteiger charge is -2.58. The monoisotopic (exact) mass is 293 g/mol. The van der Waals surface area contributed by atoms with Crippen molar-refractivity contribution < 1.29 is 19.7 Å². The van der Waals surface area contributed by atoms with Crippen molar-refractivity contribution in [2.75, 3.05) is 6.61 Å². The van der Waals surface area contributed by atoms with Gasteiger partial charge in [0.2, 0.25) is 5.91 Å². The maximum Gasteiger partial charge on any atom is 0.228 e. The van der Waals surface area contributed by atoms with Crippen molar-refractivity contribution in [3.63, 3.8) is 0 Å². The molecule has 0 aromatic heterocycles. The first kappa shape index (κ1) is 14.6. The van der Waals surface area contributed by atoms with Crippen LogP contribution in [-0.2, 0) is 9.53 Å². The number of fused-ring (bicyclic) bond motifs is 1. The summed E-state index contributed by atoms with van der Waals surface area (Å²) in [6.45, 7) is 5.63. The largest absolute Gasteiger partial charge is 0.486 e. The van der Waals surface area contributed by atoms with Crippen LogP contribution in [0.1, 0.15) is 32.6 Å². The summed E-state index contributed by atoms with van der Waals surface area (Å²) in [5.41, 5.74) is -1.77. The smallest absolute Gasteiger partial charge is 0.228 e. The summed E-state index contributed by atoms with van der Waals surface area (Å²) in [4.78, 5) is 12.3. The van der Waals surface area contributed by atoms with Gasteiger partial charge in [0.1, 0.15) is 5.76 Å². The van der Waals surface area contributed by atoms with Crippen molar-refractivity contribution in [1.29, 1.82) is 0 Å². The van der Waals surface area contributed by atoms with Crippen molar-refractivity contribution in [3.8, 4) is 0 Å². The summed E-state index contributed by atoms with van der Waals surface area (Å²) in [7, 11) is 0. The van der Waals surface area contributed by atoms with Crippen LogP contribution in [0.3, 0.4) is 0 Å². The number of aliphatic hydroxyl groups is 2. The van der Waals surface area contributed by atoms with Crippen LogP contribution in [0.15, 0.2) is 24.5 Å². The molecule has 2 heterocycles. The van der Waals surface area contributed by atoms with Gasteiger partial charge in [0.25, 0.3) is 0 Å². The molecule has 1 unspecified atom stereocenters. The molecule has 5 nitrogen and oxygen atoms in total. The standard InChI is InChI=1S/C16H23NO4/c1-10-16(13(19)11-6-4-3-5-7-11)15(2,21-10)12(8-9-18)14(20)17-16/h4,6,11-13,18-19H,1,3,5,7-9H2,2H3,(H,17,20)/t11-,12+,13?,15+,16-/m1/s1. The maximum absolute atomic E-state index is 12.3. The van der Waals surface area contributed by atoms with Crippen LogP contribution in [0, 0.1) is 11.8 Å². The SMILES string of the molecule is C=C1O[C@@]2(C)[C@@H](CCO)C(=O)N[C@@]12C(O)[C@@H]1C=CCCC1. The van der Waals surface area contributed by atoms with Crippen LogP contribution < -0.4 is 5.32 Å². The van der Waals surface area contributed by atoms with E-state index in [9.17, 15) is 15.0 Å². The fourth-order valence-electron chi connectivity index (χ4n) is 4.21. The number of amides is 1. The van der Waals surface area contributed by atoms with Crippen LogP contribution in [-0.4, -0.2) is 40.0 Å². The summed E-state index contributed by atoms with van der Waals surface area (Å²) in [5.74, 6) is -0.226. The molecule has 0 saturated carbocycles. The number of aliphatic hydroxyl groups excluding tert-OH is 2. The second kappa shape index (κ2) is 4.85. The molecule has 21 heavy (non-hydrogen) atoms. The first-order valence-electron chi connectivity index (χ1n) is 7.63. The molecule has 3 rings (SSSR count). The first-order chi connectivity index (χ1) is 9.97. The predicted molar refractivity (Wildman–Crippen MR) is 77.2 cm³/mol. The minimum absolute atomic E-state index is 0.00750. The summed E-state index contributed by atoms with van der Waals surface area (Å²) in [6, 6.07) is 0. The summed E-state index contributed by atoms with van der Waals surface area (Å²) >= 11 is 0. The highest BCUT2D eigenvalue weighted by Crippen LogP contribution is 2.57. The zero-order valence-corrected chi connectivity index (χ0v) is 12.3. The van der Waals surface area contributed by atoms with E-state index in [1.54, 1.807) is 0 Å². The van der Waals surface area contributed by atoms with E-state index in [-0.39, 0.29) is 18.4 Å². The fraction of sp³-hybridized carbons (Fsp3) is 0.688. The third kappa shape index (κ3) is 1.74. The number of nitrogens with one attached hydrogen (secondary N) is 1. The van der Waals surface area contributed by atoms with Gasteiger partial charge in [-0.05, 0) is 32.6 Å². The molecule has 2 fully saturated rings. The summed E-state index contributed by atoms with van der Waals surface area (Å²) in [6.07, 6.45) is 6.63. The van der Waals surface area contributed by atoms with Gasteiger partial charge >= 0.3 is 0 Å². The Kier molecular flexibility index (Phi) is 3.37. The molecule has 0 aromatic carbocycles. The number of allylic oxidation sites excluding steroid dienone is 1. The molecule has 1 aliphatic carbocycles. The van der Waals surface area contributed by atoms with Gasteiger partial charge in [-0.1, -0.05) is 18.7 Å². The van der Waals surface area contributed by atoms with Gasteiger partial charge in [0.05, 0.1) is 12.0 Å². The molecule has 5 heteroatoms. The average Bonchev–Trinajstić information content (AvgIpc) is 2.65. The lowest BCUT2D eigenvalue weighted by atomic mass is 9.63. The summed E-state index contributed by atoms with van der Waals surface area (Å²) in [5, 5.41) is 23.0. The molecule has 2 aliphatic heterocycles. The van der Waals surface area contributed by atoms with Crippen molar-refractivity contribution >= 4 is 5.91 Å². The number of carbonyl (C=O) groups excluding carboxylic acids is 1. The van der Waals surface area contributed by atoms with E-state index in [1.807, 2.05) is 13.0 Å². The quantitative estimate of drug-likeness (QED) is 0.672. The average molecular weight is 293 g/mol. The van der Waals surface area contributed by atoms with Gasteiger partial charge in [0, 0.05) is 12.5 Å². The molecular weight excluding hydrogens is 270 g/mol.